The number of hydrogen-bond donors (Lipinski definition) is 1. The van der Waals surface area contributed by atoms with Gasteiger partial charge in [0.25, 0.3) is 0 Å². The Hall–Kier alpha value is -1.11. The second-order valence-corrected chi connectivity index (χ2v) is 2.64. The zero-order valence-electron chi connectivity index (χ0n) is 7.12. The molecule has 0 aliphatic heterocycles. The number of nitrogens with zero attached hydrogens (tertiary/aromatic N) is 1. The van der Waals surface area contributed by atoms with Crippen molar-refractivity contribution >= 4 is 12.4 Å². The van der Waals surface area contributed by atoms with Crippen LogP contribution in [0.1, 0.15) is 24.1 Å². The number of nitrogens with two attached hydrogens (primary N) is 1. The Balaban J connectivity index is 0.00000144. The molecule has 1 aromatic carbocycles. The molecule has 1 atom stereocenters. The van der Waals surface area contributed by atoms with E-state index in [0.717, 1.165) is 0 Å². The van der Waals surface area contributed by atoms with Crippen LogP contribution in [0.3, 0.4) is 0 Å². The van der Waals surface area contributed by atoms with Gasteiger partial charge in [-0.15, -0.1) is 12.4 Å². The quantitative estimate of drug-likeness (QED) is 0.755. The maximum Gasteiger partial charge on any atom is 0.141 e. The van der Waals surface area contributed by atoms with Crippen molar-refractivity contribution in [2.45, 2.75) is 13.0 Å². The molecule has 1 aromatic rings. The molecule has 13 heavy (non-hydrogen) atoms. The van der Waals surface area contributed by atoms with E-state index in [2.05, 4.69) is 0 Å². The van der Waals surface area contributed by atoms with Gasteiger partial charge in [-0.3, -0.25) is 0 Å². The molecule has 2 N–H and O–H groups in total. The topological polar surface area (TPSA) is 49.8 Å². The predicted molar refractivity (Wildman–Crippen MR) is 51.0 cm³/mol. The highest BCUT2D eigenvalue weighted by atomic mass is 35.5. The monoisotopic (exact) mass is 200 g/mol. The summed E-state index contributed by atoms with van der Waals surface area (Å²) in [5.74, 6) is -0.507. The molecule has 0 saturated heterocycles. The minimum Gasteiger partial charge on any atom is -0.324 e. The third-order valence-electron chi connectivity index (χ3n) is 1.64. The van der Waals surface area contributed by atoms with Crippen molar-refractivity contribution in [3.05, 3.63) is 35.1 Å². The Morgan fingerprint density at radius 3 is 2.54 bits per heavy atom. The molecule has 0 aliphatic rings. The van der Waals surface area contributed by atoms with E-state index in [-0.39, 0.29) is 24.0 Å². The Morgan fingerprint density at radius 2 is 2.15 bits per heavy atom. The van der Waals surface area contributed by atoms with E-state index < -0.39 is 5.82 Å². The summed E-state index contributed by atoms with van der Waals surface area (Å²) in [6.07, 6.45) is 0. The second-order valence-electron chi connectivity index (χ2n) is 2.64. The van der Waals surface area contributed by atoms with Crippen LogP contribution in [-0.4, -0.2) is 0 Å². The van der Waals surface area contributed by atoms with E-state index in [0.29, 0.717) is 5.56 Å². The molecule has 4 heteroatoms. The second kappa shape index (κ2) is 4.80. The van der Waals surface area contributed by atoms with E-state index in [4.69, 9.17) is 11.0 Å². The van der Waals surface area contributed by atoms with E-state index in [9.17, 15) is 4.39 Å². The molecule has 0 aliphatic carbocycles. The molecule has 1 rings (SSSR count). The molecular formula is C9H10ClFN2. The molecule has 0 amide bonds. The number of rotatable bonds is 1. The Morgan fingerprint density at radius 1 is 1.54 bits per heavy atom. The van der Waals surface area contributed by atoms with Gasteiger partial charge in [-0.2, -0.15) is 5.26 Å². The van der Waals surface area contributed by atoms with Crippen LogP contribution in [0.4, 0.5) is 4.39 Å². The van der Waals surface area contributed by atoms with E-state index in [1.54, 1.807) is 19.1 Å². The zero-order valence-corrected chi connectivity index (χ0v) is 7.94. The fraction of sp³-hybridized carbons (Fsp3) is 0.222. The first-order valence-corrected chi connectivity index (χ1v) is 3.60. The van der Waals surface area contributed by atoms with Gasteiger partial charge in [0.2, 0.25) is 0 Å². The molecule has 0 radical (unpaired) electrons. The third kappa shape index (κ3) is 2.69. The van der Waals surface area contributed by atoms with Gasteiger partial charge in [-0.1, -0.05) is 6.07 Å². The lowest BCUT2D eigenvalue weighted by Crippen LogP contribution is -2.05. The predicted octanol–water partition coefficient (Wildman–Crippen LogP) is 2.14. The lowest BCUT2D eigenvalue weighted by molar-refractivity contribution is 0.618. The largest absolute Gasteiger partial charge is 0.324 e. The summed E-state index contributed by atoms with van der Waals surface area (Å²) in [7, 11) is 0. The van der Waals surface area contributed by atoms with Crippen molar-refractivity contribution in [1.82, 2.24) is 0 Å². The summed E-state index contributed by atoms with van der Waals surface area (Å²) in [6.45, 7) is 1.76. The summed E-state index contributed by atoms with van der Waals surface area (Å²) < 4.78 is 12.9. The normalized spacial score (nSPS) is 11.2. The maximum absolute atomic E-state index is 12.9. The molecule has 2 nitrogen and oxygen atoms in total. The van der Waals surface area contributed by atoms with Gasteiger partial charge in [-0.05, 0) is 24.6 Å². The van der Waals surface area contributed by atoms with Crippen LogP contribution < -0.4 is 5.73 Å². The van der Waals surface area contributed by atoms with Gasteiger partial charge in [-0.25, -0.2) is 4.39 Å². The van der Waals surface area contributed by atoms with Crippen LogP contribution in [0.5, 0.6) is 0 Å². The van der Waals surface area contributed by atoms with E-state index >= 15 is 0 Å². The average Bonchev–Trinajstić information content (AvgIpc) is 2.04. The summed E-state index contributed by atoms with van der Waals surface area (Å²) in [6, 6.07) is 5.94. The van der Waals surface area contributed by atoms with E-state index in [1.807, 2.05) is 0 Å². The number of nitriles is 1. The Kier molecular flexibility index (Phi) is 4.39. The highest BCUT2D eigenvalue weighted by Gasteiger charge is 2.04. The summed E-state index contributed by atoms with van der Waals surface area (Å²) in [4.78, 5) is 0. The number of halogens is 2. The fourth-order valence-electron chi connectivity index (χ4n) is 0.905. The van der Waals surface area contributed by atoms with Crippen LogP contribution in [0, 0.1) is 17.1 Å². The van der Waals surface area contributed by atoms with Crippen molar-refractivity contribution in [2.24, 2.45) is 5.73 Å². The number of benzene rings is 1. The van der Waals surface area contributed by atoms with Gasteiger partial charge in [0.1, 0.15) is 11.9 Å². The number of hydrogen-bond acceptors (Lipinski definition) is 2. The lowest BCUT2D eigenvalue weighted by Gasteiger charge is -2.04. The smallest absolute Gasteiger partial charge is 0.141 e. The standard InChI is InChI=1S/C9H9FN2.ClH/c1-6(12)7-2-3-8(5-11)9(10)4-7;/h2-4,6H,12H2,1H3;1H. The first kappa shape index (κ1) is 11.9. The highest BCUT2D eigenvalue weighted by Crippen LogP contribution is 2.13. The molecule has 0 spiro atoms. The summed E-state index contributed by atoms with van der Waals surface area (Å²) in [5, 5.41) is 8.43. The maximum atomic E-state index is 12.9. The van der Waals surface area contributed by atoms with Gasteiger partial charge in [0.05, 0.1) is 5.56 Å². The van der Waals surface area contributed by atoms with Gasteiger partial charge < -0.3 is 5.73 Å². The molecule has 0 fully saturated rings. The first-order valence-electron chi connectivity index (χ1n) is 3.60. The van der Waals surface area contributed by atoms with Crippen molar-refractivity contribution < 1.29 is 4.39 Å². The van der Waals surface area contributed by atoms with Crippen LogP contribution >= 0.6 is 12.4 Å². The van der Waals surface area contributed by atoms with E-state index in [1.165, 1.54) is 12.1 Å². The molecule has 0 bridgehead atoms. The summed E-state index contributed by atoms with van der Waals surface area (Å²) in [5.41, 5.74) is 6.28. The summed E-state index contributed by atoms with van der Waals surface area (Å²) >= 11 is 0. The average molecular weight is 201 g/mol. The van der Waals surface area contributed by atoms with Gasteiger partial charge >= 0.3 is 0 Å². The van der Waals surface area contributed by atoms with Crippen LogP contribution in [0.15, 0.2) is 18.2 Å². The molecule has 1 unspecified atom stereocenters. The minimum absolute atomic E-state index is 0. The third-order valence-corrected chi connectivity index (χ3v) is 1.64. The van der Waals surface area contributed by atoms with Gasteiger partial charge in [0, 0.05) is 6.04 Å². The first-order chi connectivity index (χ1) is 5.65. The molecule has 0 saturated carbocycles. The minimum atomic E-state index is -0.507. The Labute approximate surface area is 82.6 Å². The fourth-order valence-corrected chi connectivity index (χ4v) is 0.905. The van der Waals surface area contributed by atoms with Crippen molar-refractivity contribution in [2.75, 3.05) is 0 Å². The van der Waals surface area contributed by atoms with Crippen molar-refractivity contribution in [3.63, 3.8) is 0 Å². The van der Waals surface area contributed by atoms with Crippen LogP contribution in [-0.2, 0) is 0 Å². The molecule has 70 valence electrons. The molecule has 0 aromatic heterocycles. The van der Waals surface area contributed by atoms with Crippen LogP contribution in [0.25, 0.3) is 0 Å². The van der Waals surface area contributed by atoms with Crippen LogP contribution in [0.2, 0.25) is 0 Å². The van der Waals surface area contributed by atoms with Gasteiger partial charge in [0.15, 0.2) is 0 Å². The lowest BCUT2D eigenvalue weighted by atomic mass is 10.1. The molecule has 0 heterocycles. The van der Waals surface area contributed by atoms with Crippen molar-refractivity contribution in [3.8, 4) is 6.07 Å². The highest BCUT2D eigenvalue weighted by molar-refractivity contribution is 5.85. The SMILES string of the molecule is CC(N)c1ccc(C#N)c(F)c1.Cl. The van der Waals surface area contributed by atoms with Crippen molar-refractivity contribution in [1.29, 1.82) is 5.26 Å². The Bertz CT molecular complexity index is 331. The molecular weight excluding hydrogens is 191 g/mol. The zero-order chi connectivity index (χ0) is 9.14.